The third-order valence-electron chi connectivity index (χ3n) is 4.41. The van der Waals surface area contributed by atoms with Crippen LogP contribution < -0.4 is 5.32 Å². The zero-order valence-corrected chi connectivity index (χ0v) is 13.6. The number of hydrogen-bond acceptors (Lipinski definition) is 4. The van der Waals surface area contributed by atoms with Crippen LogP contribution in [0.2, 0.25) is 0 Å². The smallest absolute Gasteiger partial charge is 0.407 e. The summed E-state index contributed by atoms with van der Waals surface area (Å²) in [6.07, 6.45) is 5.27. The van der Waals surface area contributed by atoms with E-state index in [1.54, 1.807) is 0 Å². The Morgan fingerprint density at radius 1 is 1.33 bits per heavy atom. The molecule has 2 aliphatic rings. The van der Waals surface area contributed by atoms with Crippen LogP contribution in [0.4, 0.5) is 4.79 Å². The maximum absolute atomic E-state index is 12.0. The molecule has 1 saturated heterocycles. The second-order valence-corrected chi connectivity index (χ2v) is 7.50. The van der Waals surface area contributed by atoms with Crippen LogP contribution in [0, 0.1) is 5.92 Å². The summed E-state index contributed by atoms with van der Waals surface area (Å²) in [5.41, 5.74) is -0.461. The number of hydrogen-bond donors (Lipinski definition) is 2. The predicted octanol–water partition coefficient (Wildman–Crippen LogP) is 2.14. The summed E-state index contributed by atoms with van der Waals surface area (Å²) in [7, 11) is 0. The van der Waals surface area contributed by atoms with Crippen LogP contribution in [0.25, 0.3) is 0 Å². The highest BCUT2D eigenvalue weighted by Crippen LogP contribution is 2.30. The van der Waals surface area contributed by atoms with E-state index in [1.165, 1.54) is 19.3 Å². The Morgan fingerprint density at radius 3 is 2.57 bits per heavy atom. The molecule has 0 bridgehead atoms. The Morgan fingerprint density at radius 2 is 2.05 bits per heavy atom. The summed E-state index contributed by atoms with van der Waals surface area (Å²) < 4.78 is 5.35. The molecule has 1 amide bonds. The van der Waals surface area contributed by atoms with E-state index in [4.69, 9.17) is 4.74 Å². The van der Waals surface area contributed by atoms with E-state index in [0.717, 1.165) is 25.9 Å². The van der Waals surface area contributed by atoms with Crippen molar-refractivity contribution in [1.29, 1.82) is 0 Å². The van der Waals surface area contributed by atoms with Gasteiger partial charge in [0.2, 0.25) is 0 Å². The molecule has 2 N–H and O–H groups in total. The zero-order chi connectivity index (χ0) is 15.5. The third kappa shape index (κ3) is 5.15. The second-order valence-electron chi connectivity index (χ2n) is 7.50. The molecule has 1 saturated carbocycles. The van der Waals surface area contributed by atoms with Crippen molar-refractivity contribution < 1.29 is 14.6 Å². The molecule has 0 aromatic heterocycles. The number of rotatable bonds is 4. The van der Waals surface area contributed by atoms with Gasteiger partial charge in [-0.1, -0.05) is 6.42 Å². The third-order valence-corrected chi connectivity index (χ3v) is 4.41. The Labute approximate surface area is 128 Å². The number of piperidine rings is 1. The topological polar surface area (TPSA) is 61.8 Å². The van der Waals surface area contributed by atoms with Gasteiger partial charge in [0.15, 0.2) is 0 Å². The minimum absolute atomic E-state index is 0.130. The summed E-state index contributed by atoms with van der Waals surface area (Å²) >= 11 is 0. The molecule has 122 valence electrons. The minimum atomic E-state index is -0.461. The van der Waals surface area contributed by atoms with Crippen molar-refractivity contribution >= 4 is 6.09 Å². The van der Waals surface area contributed by atoms with Gasteiger partial charge in [-0.3, -0.25) is 4.90 Å². The van der Waals surface area contributed by atoms with Crippen LogP contribution in [0.5, 0.6) is 0 Å². The van der Waals surface area contributed by atoms with Crippen molar-refractivity contribution in [1.82, 2.24) is 10.2 Å². The standard InChI is InChI=1S/C16H30N2O3/c1-16(2,3)21-15(20)17-13-9-12(7-8-19)10-18(11-13)14-5-4-6-14/h12-14,19H,4-11H2,1-3H3,(H,17,20). The van der Waals surface area contributed by atoms with Gasteiger partial charge in [0, 0.05) is 31.8 Å². The van der Waals surface area contributed by atoms with Gasteiger partial charge >= 0.3 is 6.09 Å². The number of aliphatic hydroxyl groups is 1. The van der Waals surface area contributed by atoms with E-state index < -0.39 is 5.60 Å². The molecule has 2 rings (SSSR count). The molecule has 0 aromatic rings. The molecular formula is C16H30N2O3. The van der Waals surface area contributed by atoms with Gasteiger partial charge in [0.25, 0.3) is 0 Å². The number of carbonyl (C=O) groups is 1. The second kappa shape index (κ2) is 6.97. The fraction of sp³-hybridized carbons (Fsp3) is 0.938. The predicted molar refractivity (Wildman–Crippen MR) is 82.2 cm³/mol. The first kappa shape index (κ1) is 16.6. The number of aliphatic hydroxyl groups excluding tert-OH is 1. The van der Waals surface area contributed by atoms with Crippen molar-refractivity contribution in [3.63, 3.8) is 0 Å². The first-order valence-corrected chi connectivity index (χ1v) is 8.22. The number of ether oxygens (including phenoxy) is 1. The number of carbonyl (C=O) groups excluding carboxylic acids is 1. The monoisotopic (exact) mass is 298 g/mol. The minimum Gasteiger partial charge on any atom is -0.444 e. The van der Waals surface area contributed by atoms with Crippen molar-refractivity contribution in [2.45, 2.75) is 70.6 Å². The van der Waals surface area contributed by atoms with E-state index in [-0.39, 0.29) is 18.7 Å². The lowest BCUT2D eigenvalue weighted by Crippen LogP contribution is -2.55. The first-order valence-electron chi connectivity index (χ1n) is 8.22. The molecule has 5 nitrogen and oxygen atoms in total. The Kier molecular flexibility index (Phi) is 5.49. The van der Waals surface area contributed by atoms with Crippen LogP contribution in [0.3, 0.4) is 0 Å². The van der Waals surface area contributed by atoms with E-state index in [0.29, 0.717) is 12.0 Å². The van der Waals surface area contributed by atoms with Gasteiger partial charge in [0.1, 0.15) is 5.60 Å². The molecule has 21 heavy (non-hydrogen) atoms. The Balaban J connectivity index is 1.88. The zero-order valence-electron chi connectivity index (χ0n) is 13.6. The normalized spacial score (nSPS) is 28.0. The summed E-state index contributed by atoms with van der Waals surface area (Å²) in [5.74, 6) is 0.462. The van der Waals surface area contributed by atoms with Crippen molar-refractivity contribution in [3.05, 3.63) is 0 Å². The van der Waals surface area contributed by atoms with Crippen LogP contribution in [0.15, 0.2) is 0 Å². The molecule has 2 atom stereocenters. The quantitative estimate of drug-likeness (QED) is 0.835. The summed E-state index contributed by atoms with van der Waals surface area (Å²) in [6, 6.07) is 0.806. The molecule has 0 radical (unpaired) electrons. The average Bonchev–Trinajstić information content (AvgIpc) is 2.23. The summed E-state index contributed by atoms with van der Waals surface area (Å²) in [5, 5.41) is 12.2. The van der Waals surface area contributed by atoms with Gasteiger partial charge in [-0.2, -0.15) is 0 Å². The molecule has 1 aliphatic carbocycles. The van der Waals surface area contributed by atoms with Gasteiger partial charge in [0.05, 0.1) is 0 Å². The maximum atomic E-state index is 12.0. The fourth-order valence-electron chi connectivity index (χ4n) is 3.26. The molecule has 1 heterocycles. The molecule has 1 aliphatic heterocycles. The van der Waals surface area contributed by atoms with E-state index >= 15 is 0 Å². The fourth-order valence-corrected chi connectivity index (χ4v) is 3.26. The number of alkyl carbamates (subject to hydrolysis) is 1. The Hall–Kier alpha value is -0.810. The van der Waals surface area contributed by atoms with Crippen molar-refractivity contribution in [2.75, 3.05) is 19.7 Å². The maximum Gasteiger partial charge on any atom is 0.407 e. The number of likely N-dealkylation sites (tertiary alicyclic amines) is 1. The van der Waals surface area contributed by atoms with Crippen molar-refractivity contribution in [2.24, 2.45) is 5.92 Å². The summed E-state index contributed by atoms with van der Waals surface area (Å²) in [4.78, 5) is 14.4. The highest BCUT2D eigenvalue weighted by atomic mass is 16.6. The molecule has 5 heteroatoms. The highest BCUT2D eigenvalue weighted by Gasteiger charge is 2.34. The van der Waals surface area contributed by atoms with Crippen LogP contribution in [-0.4, -0.2) is 53.5 Å². The van der Waals surface area contributed by atoms with Crippen molar-refractivity contribution in [3.8, 4) is 0 Å². The van der Waals surface area contributed by atoms with Crippen LogP contribution in [-0.2, 0) is 4.74 Å². The SMILES string of the molecule is CC(C)(C)OC(=O)NC1CC(CCO)CN(C2CCC2)C1. The molecule has 0 aromatic carbocycles. The number of amides is 1. The molecule has 2 fully saturated rings. The number of nitrogens with one attached hydrogen (secondary N) is 1. The van der Waals surface area contributed by atoms with Crippen LogP contribution >= 0.6 is 0 Å². The molecule has 2 unspecified atom stereocenters. The largest absolute Gasteiger partial charge is 0.444 e. The van der Waals surface area contributed by atoms with Crippen LogP contribution in [0.1, 0.15) is 52.9 Å². The molecular weight excluding hydrogens is 268 g/mol. The van der Waals surface area contributed by atoms with E-state index in [1.807, 2.05) is 20.8 Å². The van der Waals surface area contributed by atoms with Gasteiger partial charge in [-0.05, 0) is 52.4 Å². The average molecular weight is 298 g/mol. The lowest BCUT2D eigenvalue weighted by molar-refractivity contribution is 0.0307. The Bertz CT molecular complexity index is 350. The lowest BCUT2D eigenvalue weighted by atomic mass is 9.85. The van der Waals surface area contributed by atoms with Gasteiger partial charge < -0.3 is 15.2 Å². The van der Waals surface area contributed by atoms with E-state index in [9.17, 15) is 9.90 Å². The highest BCUT2D eigenvalue weighted by molar-refractivity contribution is 5.68. The van der Waals surface area contributed by atoms with E-state index in [2.05, 4.69) is 10.2 Å². The first-order chi connectivity index (χ1) is 9.87. The lowest BCUT2D eigenvalue weighted by Gasteiger charge is -2.45. The summed E-state index contributed by atoms with van der Waals surface area (Å²) in [6.45, 7) is 7.82. The van der Waals surface area contributed by atoms with Gasteiger partial charge in [-0.25, -0.2) is 4.79 Å². The number of nitrogens with zero attached hydrogens (tertiary/aromatic N) is 1. The molecule has 0 spiro atoms. The van der Waals surface area contributed by atoms with Gasteiger partial charge in [-0.15, -0.1) is 0 Å².